The van der Waals surface area contributed by atoms with Crippen LogP contribution in [-0.2, 0) is 6.54 Å². The van der Waals surface area contributed by atoms with Crippen molar-refractivity contribution in [3.05, 3.63) is 54.1 Å². The number of nitrogens with one attached hydrogen (secondary N) is 2. The molecule has 15 heavy (non-hydrogen) atoms. The third-order valence-electron chi connectivity index (χ3n) is 2.03. The molecule has 0 aliphatic rings. The minimum absolute atomic E-state index is 0.0785. The van der Waals surface area contributed by atoms with Crippen LogP contribution in [-0.4, -0.2) is 15.9 Å². The molecule has 0 spiro atoms. The summed E-state index contributed by atoms with van der Waals surface area (Å²) in [6.45, 7) is 0.466. The molecule has 0 saturated carbocycles. The molecular weight excluding hydrogens is 190 g/mol. The van der Waals surface area contributed by atoms with Crippen molar-refractivity contribution in [1.82, 2.24) is 15.3 Å². The van der Waals surface area contributed by atoms with E-state index in [2.05, 4.69) is 15.3 Å². The molecule has 1 aromatic heterocycles. The lowest BCUT2D eigenvalue weighted by Gasteiger charge is -2.02. The number of H-pyrrole nitrogens is 1. The van der Waals surface area contributed by atoms with Gasteiger partial charge in [0.15, 0.2) is 0 Å². The highest BCUT2D eigenvalue weighted by atomic mass is 16.1. The molecule has 2 N–H and O–H groups in total. The van der Waals surface area contributed by atoms with Gasteiger partial charge in [-0.25, -0.2) is 4.98 Å². The smallest absolute Gasteiger partial charge is 0.251 e. The molecule has 0 aliphatic carbocycles. The Bertz CT molecular complexity index is 422. The molecule has 0 saturated heterocycles. The molecule has 4 heteroatoms. The molecule has 1 amide bonds. The Morgan fingerprint density at radius 3 is 2.80 bits per heavy atom. The lowest BCUT2D eigenvalue weighted by atomic mass is 10.2. The van der Waals surface area contributed by atoms with Crippen LogP contribution in [0.15, 0.2) is 42.9 Å². The fraction of sp³-hybridized carbons (Fsp3) is 0.0909. The fourth-order valence-electron chi connectivity index (χ4n) is 1.25. The van der Waals surface area contributed by atoms with Gasteiger partial charge in [-0.05, 0) is 12.1 Å². The van der Waals surface area contributed by atoms with Crippen LogP contribution in [0.2, 0.25) is 0 Å². The first-order valence-corrected chi connectivity index (χ1v) is 4.67. The number of carbonyl (C=O) groups excluding carboxylic acids is 1. The van der Waals surface area contributed by atoms with E-state index in [4.69, 9.17) is 0 Å². The molecule has 4 nitrogen and oxygen atoms in total. The molecule has 0 aliphatic heterocycles. The topological polar surface area (TPSA) is 57.8 Å². The van der Waals surface area contributed by atoms with Gasteiger partial charge in [0, 0.05) is 11.8 Å². The van der Waals surface area contributed by atoms with E-state index in [0.29, 0.717) is 12.1 Å². The Hall–Kier alpha value is -2.10. The van der Waals surface area contributed by atoms with Gasteiger partial charge in [-0.2, -0.15) is 0 Å². The average Bonchev–Trinajstić information content (AvgIpc) is 2.80. The Balaban J connectivity index is 1.94. The fourth-order valence-corrected chi connectivity index (χ4v) is 1.25. The number of benzene rings is 1. The molecule has 0 atom stereocenters. The second-order valence-corrected chi connectivity index (χ2v) is 3.13. The lowest BCUT2D eigenvalue weighted by Crippen LogP contribution is -2.22. The molecule has 0 unspecified atom stereocenters. The van der Waals surface area contributed by atoms with Gasteiger partial charge in [0.2, 0.25) is 0 Å². The van der Waals surface area contributed by atoms with Crippen LogP contribution in [0.4, 0.5) is 0 Å². The number of amides is 1. The zero-order valence-electron chi connectivity index (χ0n) is 8.10. The molecular formula is C11H11N3O. The summed E-state index contributed by atoms with van der Waals surface area (Å²) in [4.78, 5) is 18.4. The minimum Gasteiger partial charge on any atom is -0.347 e. The first-order valence-electron chi connectivity index (χ1n) is 4.67. The van der Waals surface area contributed by atoms with E-state index in [0.717, 1.165) is 5.69 Å². The first kappa shape index (κ1) is 9.45. The number of nitrogens with zero attached hydrogens (tertiary/aromatic N) is 1. The number of aromatic nitrogens is 2. The summed E-state index contributed by atoms with van der Waals surface area (Å²) < 4.78 is 0. The maximum Gasteiger partial charge on any atom is 0.251 e. The highest BCUT2D eigenvalue weighted by Gasteiger charge is 2.03. The van der Waals surface area contributed by atoms with Gasteiger partial charge in [0.25, 0.3) is 5.91 Å². The van der Waals surface area contributed by atoms with Crippen LogP contribution in [0.3, 0.4) is 0 Å². The van der Waals surface area contributed by atoms with Crippen LogP contribution in [0.1, 0.15) is 16.1 Å². The van der Waals surface area contributed by atoms with E-state index >= 15 is 0 Å². The van der Waals surface area contributed by atoms with Crippen LogP contribution in [0, 0.1) is 0 Å². The van der Waals surface area contributed by atoms with E-state index in [-0.39, 0.29) is 5.91 Å². The number of aromatic amines is 1. The standard InChI is InChI=1S/C11H11N3O/c15-11(9-4-2-1-3-5-9)13-7-10-6-12-8-14-10/h1-6,8H,7H2,(H,12,14)(H,13,15). The Labute approximate surface area is 87.4 Å². The highest BCUT2D eigenvalue weighted by molar-refractivity contribution is 5.93. The Kier molecular flexibility index (Phi) is 2.78. The van der Waals surface area contributed by atoms with Gasteiger partial charge in [-0.15, -0.1) is 0 Å². The Morgan fingerprint density at radius 2 is 2.13 bits per heavy atom. The number of carbonyl (C=O) groups is 1. The molecule has 0 bridgehead atoms. The largest absolute Gasteiger partial charge is 0.347 e. The van der Waals surface area contributed by atoms with Gasteiger partial charge < -0.3 is 10.3 Å². The molecule has 2 aromatic rings. The first-order chi connectivity index (χ1) is 7.36. The summed E-state index contributed by atoms with van der Waals surface area (Å²) in [5, 5.41) is 2.79. The summed E-state index contributed by atoms with van der Waals surface area (Å²) >= 11 is 0. The van der Waals surface area contributed by atoms with Crippen molar-refractivity contribution in [1.29, 1.82) is 0 Å². The van der Waals surface area contributed by atoms with Crippen LogP contribution >= 0.6 is 0 Å². The van der Waals surface area contributed by atoms with Crippen molar-refractivity contribution >= 4 is 5.91 Å². The lowest BCUT2D eigenvalue weighted by molar-refractivity contribution is 0.0950. The van der Waals surface area contributed by atoms with Crippen LogP contribution < -0.4 is 5.32 Å². The normalized spacial score (nSPS) is 9.87. The second kappa shape index (κ2) is 4.41. The molecule has 2 rings (SSSR count). The summed E-state index contributed by atoms with van der Waals surface area (Å²) in [5.74, 6) is -0.0785. The summed E-state index contributed by atoms with van der Waals surface area (Å²) in [7, 11) is 0. The average molecular weight is 201 g/mol. The van der Waals surface area contributed by atoms with Gasteiger partial charge in [0.05, 0.1) is 18.6 Å². The van der Waals surface area contributed by atoms with Gasteiger partial charge in [0.1, 0.15) is 0 Å². The SMILES string of the molecule is O=C(NCc1cnc[nH]1)c1ccccc1. The van der Waals surface area contributed by atoms with E-state index in [1.807, 2.05) is 18.2 Å². The predicted octanol–water partition coefficient (Wildman–Crippen LogP) is 1.34. The maximum absolute atomic E-state index is 11.6. The van der Waals surface area contributed by atoms with Gasteiger partial charge in [-0.1, -0.05) is 18.2 Å². The van der Waals surface area contributed by atoms with Crippen molar-refractivity contribution in [2.24, 2.45) is 0 Å². The summed E-state index contributed by atoms with van der Waals surface area (Å²) in [6, 6.07) is 9.12. The van der Waals surface area contributed by atoms with Crippen LogP contribution in [0.25, 0.3) is 0 Å². The zero-order chi connectivity index (χ0) is 10.5. The van der Waals surface area contributed by atoms with Crippen molar-refractivity contribution in [2.45, 2.75) is 6.54 Å². The zero-order valence-corrected chi connectivity index (χ0v) is 8.10. The summed E-state index contributed by atoms with van der Waals surface area (Å²) in [6.07, 6.45) is 3.27. The van der Waals surface area contributed by atoms with Crippen molar-refractivity contribution in [3.8, 4) is 0 Å². The van der Waals surface area contributed by atoms with E-state index in [1.165, 1.54) is 0 Å². The molecule has 0 radical (unpaired) electrons. The molecule has 76 valence electrons. The predicted molar refractivity (Wildman–Crippen MR) is 56.2 cm³/mol. The van der Waals surface area contributed by atoms with Gasteiger partial charge in [-0.3, -0.25) is 4.79 Å². The molecule has 0 fully saturated rings. The van der Waals surface area contributed by atoms with Gasteiger partial charge >= 0.3 is 0 Å². The molecule has 1 aromatic carbocycles. The van der Waals surface area contributed by atoms with Crippen molar-refractivity contribution < 1.29 is 4.79 Å². The third-order valence-corrected chi connectivity index (χ3v) is 2.03. The monoisotopic (exact) mass is 201 g/mol. The number of rotatable bonds is 3. The quantitative estimate of drug-likeness (QED) is 0.787. The van der Waals surface area contributed by atoms with E-state index in [9.17, 15) is 4.79 Å². The summed E-state index contributed by atoms with van der Waals surface area (Å²) in [5.41, 5.74) is 1.55. The second-order valence-electron chi connectivity index (χ2n) is 3.13. The molecule has 1 heterocycles. The maximum atomic E-state index is 11.6. The Morgan fingerprint density at radius 1 is 1.33 bits per heavy atom. The third kappa shape index (κ3) is 2.43. The van der Waals surface area contributed by atoms with E-state index < -0.39 is 0 Å². The minimum atomic E-state index is -0.0785. The van der Waals surface area contributed by atoms with Crippen molar-refractivity contribution in [3.63, 3.8) is 0 Å². The number of hydrogen-bond acceptors (Lipinski definition) is 2. The van der Waals surface area contributed by atoms with Crippen LogP contribution in [0.5, 0.6) is 0 Å². The number of hydrogen-bond donors (Lipinski definition) is 2. The number of imidazole rings is 1. The van der Waals surface area contributed by atoms with E-state index in [1.54, 1.807) is 24.7 Å². The highest BCUT2D eigenvalue weighted by Crippen LogP contribution is 1.98. The van der Waals surface area contributed by atoms with Crippen molar-refractivity contribution in [2.75, 3.05) is 0 Å².